The monoisotopic (exact) mass is 276 g/mol. The van der Waals surface area contributed by atoms with Crippen LogP contribution in [0, 0.1) is 11.8 Å². The second-order valence-corrected chi connectivity index (χ2v) is 6.04. The van der Waals surface area contributed by atoms with Gasteiger partial charge in [-0.3, -0.25) is 4.79 Å². The third kappa shape index (κ3) is 3.92. The number of nitrogens with zero attached hydrogens (tertiary/aromatic N) is 3. The van der Waals surface area contributed by atoms with E-state index in [-0.39, 0.29) is 5.91 Å². The third-order valence-electron chi connectivity index (χ3n) is 3.64. The number of anilines is 1. The average Bonchev–Trinajstić information content (AvgIpc) is 2.46. The fourth-order valence-electron chi connectivity index (χ4n) is 2.22. The number of rotatable bonds is 4. The van der Waals surface area contributed by atoms with Crippen LogP contribution >= 0.6 is 0 Å². The zero-order valence-electron chi connectivity index (χ0n) is 12.6. The van der Waals surface area contributed by atoms with Crippen molar-refractivity contribution in [1.29, 1.82) is 0 Å². The van der Waals surface area contributed by atoms with Gasteiger partial charge in [-0.15, -0.1) is 0 Å². The maximum Gasteiger partial charge on any atom is 0.256 e. The van der Waals surface area contributed by atoms with Crippen molar-refractivity contribution < 1.29 is 4.79 Å². The molecule has 1 aromatic rings. The van der Waals surface area contributed by atoms with Crippen molar-refractivity contribution in [3.63, 3.8) is 0 Å². The van der Waals surface area contributed by atoms with Gasteiger partial charge >= 0.3 is 0 Å². The molecule has 0 spiro atoms. The first-order chi connectivity index (χ1) is 9.56. The Morgan fingerprint density at radius 3 is 2.50 bits per heavy atom. The molecule has 0 atom stereocenters. The van der Waals surface area contributed by atoms with Crippen molar-refractivity contribution in [3.05, 3.63) is 18.0 Å². The highest BCUT2D eigenvalue weighted by molar-refractivity contribution is 5.93. The second kappa shape index (κ2) is 6.68. The maximum absolute atomic E-state index is 12.3. The molecule has 0 unspecified atom stereocenters. The quantitative estimate of drug-likeness (QED) is 0.917. The third-order valence-corrected chi connectivity index (χ3v) is 3.64. The molecule has 0 aliphatic carbocycles. The Labute approximate surface area is 120 Å². The molecule has 0 saturated carbocycles. The summed E-state index contributed by atoms with van der Waals surface area (Å²) in [7, 11) is 0. The number of nitrogens with one attached hydrogen (secondary N) is 1. The van der Waals surface area contributed by atoms with Crippen LogP contribution in [0.2, 0.25) is 0 Å². The zero-order valence-corrected chi connectivity index (χ0v) is 12.6. The normalized spacial score (nSPS) is 16.5. The smallest absolute Gasteiger partial charge is 0.256 e. The molecule has 0 aromatic carbocycles. The number of piperidine rings is 1. The van der Waals surface area contributed by atoms with Crippen molar-refractivity contribution in [2.75, 3.05) is 25.0 Å². The molecule has 1 aromatic heterocycles. The predicted octanol–water partition coefficient (Wildman–Crippen LogP) is 2.42. The van der Waals surface area contributed by atoms with Gasteiger partial charge in [-0.2, -0.15) is 0 Å². The van der Waals surface area contributed by atoms with Gasteiger partial charge in [-0.1, -0.05) is 20.8 Å². The molecule has 2 heterocycles. The summed E-state index contributed by atoms with van der Waals surface area (Å²) < 4.78 is 0. The Kier molecular flexibility index (Phi) is 4.93. The zero-order chi connectivity index (χ0) is 14.5. The van der Waals surface area contributed by atoms with E-state index in [0.717, 1.165) is 38.4 Å². The minimum Gasteiger partial charge on any atom is -0.354 e. The molecule has 1 saturated heterocycles. The second-order valence-electron chi connectivity index (χ2n) is 6.04. The van der Waals surface area contributed by atoms with E-state index >= 15 is 0 Å². The summed E-state index contributed by atoms with van der Waals surface area (Å²) in [5.41, 5.74) is 0.578. The van der Waals surface area contributed by atoms with Gasteiger partial charge in [0.1, 0.15) is 0 Å². The molecule has 1 aliphatic heterocycles. The molecule has 110 valence electrons. The van der Waals surface area contributed by atoms with Gasteiger partial charge in [-0.05, 0) is 24.7 Å². The fourth-order valence-corrected chi connectivity index (χ4v) is 2.22. The van der Waals surface area contributed by atoms with Crippen molar-refractivity contribution in [3.8, 4) is 0 Å². The number of carbonyl (C=O) groups excluding carboxylic acids is 1. The summed E-state index contributed by atoms with van der Waals surface area (Å²) in [4.78, 5) is 22.6. The van der Waals surface area contributed by atoms with Crippen molar-refractivity contribution >= 4 is 11.9 Å². The molecule has 2 rings (SSSR count). The van der Waals surface area contributed by atoms with Crippen LogP contribution in [0.4, 0.5) is 5.95 Å². The van der Waals surface area contributed by atoms with Crippen LogP contribution in [-0.4, -0.2) is 40.4 Å². The number of hydrogen-bond acceptors (Lipinski definition) is 4. The van der Waals surface area contributed by atoms with Gasteiger partial charge in [0, 0.05) is 32.0 Å². The highest BCUT2D eigenvalue weighted by atomic mass is 16.2. The van der Waals surface area contributed by atoms with Gasteiger partial charge in [-0.25, -0.2) is 9.97 Å². The highest BCUT2D eigenvalue weighted by Gasteiger charge is 2.21. The summed E-state index contributed by atoms with van der Waals surface area (Å²) in [6.07, 6.45) is 5.41. The van der Waals surface area contributed by atoms with Crippen LogP contribution < -0.4 is 5.32 Å². The Balaban J connectivity index is 1.93. The molecule has 1 amide bonds. The van der Waals surface area contributed by atoms with E-state index in [1.807, 2.05) is 4.90 Å². The molecular weight excluding hydrogens is 252 g/mol. The Morgan fingerprint density at radius 1 is 1.35 bits per heavy atom. The standard InChI is InChI=1S/C15H24N4O/c1-11(2)8-16-15-17-9-13(10-18-15)14(20)19-6-4-12(3)5-7-19/h9-12H,4-8H2,1-3H3,(H,16,17,18). The van der Waals surface area contributed by atoms with Crippen LogP contribution in [0.5, 0.6) is 0 Å². The molecule has 0 radical (unpaired) electrons. The fraction of sp³-hybridized carbons (Fsp3) is 0.667. The summed E-state index contributed by atoms with van der Waals surface area (Å²) in [6, 6.07) is 0. The van der Waals surface area contributed by atoms with Crippen molar-refractivity contribution in [2.45, 2.75) is 33.6 Å². The summed E-state index contributed by atoms with van der Waals surface area (Å²) in [6.45, 7) is 9.00. The minimum atomic E-state index is 0.0484. The Hall–Kier alpha value is -1.65. The van der Waals surface area contributed by atoms with Crippen LogP contribution in [0.3, 0.4) is 0 Å². The number of amides is 1. The van der Waals surface area contributed by atoms with Gasteiger partial charge in [0.2, 0.25) is 5.95 Å². The summed E-state index contributed by atoms with van der Waals surface area (Å²) in [5, 5.41) is 3.15. The Bertz CT molecular complexity index is 436. The van der Waals surface area contributed by atoms with E-state index in [0.29, 0.717) is 17.4 Å². The molecule has 5 heteroatoms. The van der Waals surface area contributed by atoms with E-state index in [9.17, 15) is 4.79 Å². The van der Waals surface area contributed by atoms with Gasteiger partial charge in [0.15, 0.2) is 0 Å². The highest BCUT2D eigenvalue weighted by Crippen LogP contribution is 2.17. The minimum absolute atomic E-state index is 0.0484. The van der Waals surface area contributed by atoms with E-state index in [4.69, 9.17) is 0 Å². The van der Waals surface area contributed by atoms with Crippen LogP contribution in [0.15, 0.2) is 12.4 Å². The number of carbonyl (C=O) groups is 1. The lowest BCUT2D eigenvalue weighted by Gasteiger charge is -2.30. The van der Waals surface area contributed by atoms with Crippen molar-refractivity contribution in [2.24, 2.45) is 11.8 Å². The van der Waals surface area contributed by atoms with Crippen LogP contribution in [0.25, 0.3) is 0 Å². The van der Waals surface area contributed by atoms with Crippen LogP contribution in [-0.2, 0) is 0 Å². The number of aromatic nitrogens is 2. The van der Waals surface area contributed by atoms with Gasteiger partial charge in [0.25, 0.3) is 5.91 Å². The first-order valence-corrected chi connectivity index (χ1v) is 7.41. The molecule has 1 aliphatic rings. The number of hydrogen-bond donors (Lipinski definition) is 1. The lowest BCUT2D eigenvalue weighted by molar-refractivity contribution is 0.0696. The van der Waals surface area contributed by atoms with Gasteiger partial charge in [0.05, 0.1) is 5.56 Å². The summed E-state index contributed by atoms with van der Waals surface area (Å²) >= 11 is 0. The van der Waals surface area contributed by atoms with E-state index < -0.39 is 0 Å². The molecular formula is C15H24N4O. The maximum atomic E-state index is 12.3. The molecule has 5 nitrogen and oxygen atoms in total. The first-order valence-electron chi connectivity index (χ1n) is 7.41. The van der Waals surface area contributed by atoms with E-state index in [2.05, 4.69) is 36.1 Å². The molecule has 1 N–H and O–H groups in total. The average molecular weight is 276 g/mol. The largest absolute Gasteiger partial charge is 0.354 e. The van der Waals surface area contributed by atoms with Gasteiger partial charge < -0.3 is 10.2 Å². The van der Waals surface area contributed by atoms with Crippen LogP contribution in [0.1, 0.15) is 44.0 Å². The summed E-state index contributed by atoms with van der Waals surface area (Å²) in [5.74, 6) is 1.89. The lowest BCUT2D eigenvalue weighted by atomic mass is 9.99. The molecule has 1 fully saturated rings. The molecule has 0 bridgehead atoms. The van der Waals surface area contributed by atoms with E-state index in [1.165, 1.54) is 0 Å². The lowest BCUT2D eigenvalue weighted by Crippen LogP contribution is -2.38. The van der Waals surface area contributed by atoms with Crippen molar-refractivity contribution in [1.82, 2.24) is 14.9 Å². The number of likely N-dealkylation sites (tertiary alicyclic amines) is 1. The SMILES string of the molecule is CC(C)CNc1ncc(C(=O)N2CCC(C)CC2)cn1. The topological polar surface area (TPSA) is 58.1 Å². The Morgan fingerprint density at radius 2 is 1.95 bits per heavy atom. The molecule has 20 heavy (non-hydrogen) atoms. The van der Waals surface area contributed by atoms with E-state index in [1.54, 1.807) is 12.4 Å². The predicted molar refractivity (Wildman–Crippen MR) is 79.7 cm³/mol. The first kappa shape index (κ1) is 14.8.